The zero-order chi connectivity index (χ0) is 7.78. The van der Waals surface area contributed by atoms with Crippen LogP contribution < -0.4 is 5.32 Å². The molecule has 0 aromatic rings. The Bertz CT molecular complexity index is 161. The number of nitrogens with one attached hydrogen (secondary N) is 1. The lowest BCUT2D eigenvalue weighted by molar-refractivity contribution is -0.0951. The van der Waals surface area contributed by atoms with Crippen LogP contribution in [0.4, 0.5) is 13.2 Å². The summed E-state index contributed by atoms with van der Waals surface area (Å²) in [6.07, 6.45) is -3.36. The van der Waals surface area contributed by atoms with Gasteiger partial charge in [-0.1, -0.05) is 0 Å². The van der Waals surface area contributed by atoms with Crippen molar-refractivity contribution < 1.29 is 13.2 Å². The van der Waals surface area contributed by atoms with Crippen LogP contribution in [0.2, 0.25) is 0 Å². The van der Waals surface area contributed by atoms with Crippen LogP contribution >= 0.6 is 0 Å². The molecule has 0 aromatic heterocycles. The number of nitrogens with zero attached hydrogens (tertiary/aromatic N) is 1. The molecule has 0 bridgehead atoms. The Morgan fingerprint density at radius 3 is 2.40 bits per heavy atom. The van der Waals surface area contributed by atoms with Gasteiger partial charge in [0, 0.05) is 13.2 Å². The van der Waals surface area contributed by atoms with Crippen molar-refractivity contribution in [1.82, 2.24) is 10.2 Å². The average Bonchev–Trinajstić information content (AvgIpc) is 2.11. The van der Waals surface area contributed by atoms with E-state index in [-0.39, 0.29) is 0 Å². The predicted molar refractivity (Wildman–Crippen MR) is 28.3 cm³/mol. The van der Waals surface area contributed by atoms with Gasteiger partial charge in [-0.2, -0.15) is 13.2 Å². The average molecular weight is 150 g/mol. The Morgan fingerprint density at radius 1 is 1.60 bits per heavy atom. The fourth-order valence-electron chi connectivity index (χ4n) is 0.551. The Labute approximate surface area is 56.3 Å². The summed E-state index contributed by atoms with van der Waals surface area (Å²) >= 11 is 0. The van der Waals surface area contributed by atoms with E-state index in [1.54, 1.807) is 0 Å². The summed E-state index contributed by atoms with van der Waals surface area (Å²) in [4.78, 5) is 1.18. The Hall–Kier alpha value is -0.870. The van der Waals surface area contributed by atoms with Gasteiger partial charge in [0.1, 0.15) is 5.70 Å². The summed E-state index contributed by atoms with van der Waals surface area (Å²) in [6.45, 7) is 2.25. The van der Waals surface area contributed by atoms with Gasteiger partial charge in [0.15, 0.2) is 0 Å². The van der Waals surface area contributed by atoms with Crippen molar-refractivity contribution in [3.63, 3.8) is 0 Å². The molecule has 1 aliphatic rings. The first kappa shape index (κ1) is 7.24. The topological polar surface area (TPSA) is 15.3 Å². The van der Waals surface area contributed by atoms with E-state index in [0.29, 0.717) is 0 Å². The first-order valence-electron chi connectivity index (χ1n) is 2.53. The van der Waals surface area contributed by atoms with Gasteiger partial charge in [0.2, 0.25) is 6.67 Å². The summed E-state index contributed by atoms with van der Waals surface area (Å²) in [5.74, 6) is 0. The van der Waals surface area contributed by atoms with Crippen molar-refractivity contribution in [1.29, 1.82) is 0 Å². The Morgan fingerprint density at radius 2 is 2.20 bits per heavy atom. The molecule has 1 heterocycles. The maximum Gasteiger partial charge on any atom is 0.432 e. The third-order valence-electron chi connectivity index (χ3n) is 0.995. The molecule has 0 atom stereocenters. The first-order valence-corrected chi connectivity index (χ1v) is 2.53. The second kappa shape index (κ2) is 2.07. The fraction of sp³-hybridized carbons (Fsp3) is 0.400. The van der Waals surface area contributed by atoms with Gasteiger partial charge in [0.25, 0.3) is 0 Å². The number of rotatable bonds is 0. The molecule has 10 heavy (non-hydrogen) atoms. The molecule has 0 unspecified atom stereocenters. The van der Waals surface area contributed by atoms with E-state index in [9.17, 15) is 13.2 Å². The summed E-state index contributed by atoms with van der Waals surface area (Å²) in [6, 6.07) is 0. The van der Waals surface area contributed by atoms with E-state index in [0.717, 1.165) is 6.20 Å². The van der Waals surface area contributed by atoms with Crippen LogP contribution in [0, 0.1) is 6.67 Å². The van der Waals surface area contributed by atoms with Crippen LogP contribution in [0.5, 0.6) is 0 Å². The van der Waals surface area contributed by atoms with Crippen LogP contribution in [0.25, 0.3) is 0 Å². The molecule has 0 aromatic carbocycles. The Kier molecular flexibility index (Phi) is 1.50. The first-order chi connectivity index (χ1) is 4.50. The molecule has 2 radical (unpaired) electrons. The maximum atomic E-state index is 11.7. The smallest absolute Gasteiger partial charge is 0.350 e. The molecule has 5 heteroatoms. The highest BCUT2D eigenvalue weighted by Gasteiger charge is 2.36. The van der Waals surface area contributed by atoms with Crippen LogP contribution in [0.3, 0.4) is 0 Å². The molecule has 56 valence electrons. The monoisotopic (exact) mass is 150 g/mol. The van der Waals surface area contributed by atoms with E-state index in [1.807, 2.05) is 5.32 Å². The lowest BCUT2D eigenvalue weighted by atomic mass is 10.5. The number of hydrogen-bond donors (Lipinski definition) is 1. The molecular formula is C5H5F3N2. The van der Waals surface area contributed by atoms with Crippen LogP contribution in [0.1, 0.15) is 0 Å². The molecule has 1 N–H and O–H groups in total. The van der Waals surface area contributed by atoms with Crippen molar-refractivity contribution in [2.75, 3.05) is 7.05 Å². The zero-order valence-electron chi connectivity index (χ0n) is 5.16. The molecule has 0 amide bonds. The minimum absolute atomic E-state index is 0.782. The van der Waals surface area contributed by atoms with E-state index < -0.39 is 11.9 Å². The standard InChI is InChI=1S/C5H5F3N2/c1-10-2-4(9-3-10)5(6,7)8/h2,9H,1H3. The van der Waals surface area contributed by atoms with Crippen molar-refractivity contribution in [2.45, 2.75) is 6.18 Å². The largest absolute Gasteiger partial charge is 0.432 e. The van der Waals surface area contributed by atoms with Gasteiger partial charge >= 0.3 is 6.18 Å². The maximum absolute atomic E-state index is 11.7. The van der Waals surface area contributed by atoms with Crippen molar-refractivity contribution in [2.24, 2.45) is 0 Å². The quantitative estimate of drug-likeness (QED) is 0.552. The molecule has 0 aliphatic carbocycles. The molecular weight excluding hydrogens is 145 g/mol. The van der Waals surface area contributed by atoms with E-state index in [2.05, 4.69) is 6.67 Å². The zero-order valence-corrected chi connectivity index (χ0v) is 5.16. The highest BCUT2D eigenvalue weighted by Crippen LogP contribution is 2.26. The number of halogens is 3. The van der Waals surface area contributed by atoms with E-state index in [4.69, 9.17) is 0 Å². The summed E-state index contributed by atoms with van der Waals surface area (Å²) in [7, 11) is 1.46. The third kappa shape index (κ3) is 1.34. The molecule has 1 rings (SSSR count). The normalized spacial score (nSPS) is 18.8. The molecule has 0 fully saturated rings. The van der Waals surface area contributed by atoms with Gasteiger partial charge in [-0.05, 0) is 0 Å². The minimum atomic E-state index is -4.29. The summed E-state index contributed by atoms with van der Waals surface area (Å²) in [5.41, 5.74) is -0.782. The molecule has 0 spiro atoms. The predicted octanol–water partition coefficient (Wildman–Crippen LogP) is 0.921. The molecule has 0 saturated carbocycles. The van der Waals surface area contributed by atoms with Crippen molar-refractivity contribution >= 4 is 0 Å². The number of alkyl halides is 3. The van der Waals surface area contributed by atoms with Crippen LogP contribution in [-0.4, -0.2) is 18.1 Å². The lowest BCUT2D eigenvalue weighted by Crippen LogP contribution is -2.20. The van der Waals surface area contributed by atoms with Gasteiger partial charge in [-0.25, -0.2) is 0 Å². The highest BCUT2D eigenvalue weighted by atomic mass is 19.4. The highest BCUT2D eigenvalue weighted by molar-refractivity contribution is 5.13. The number of hydrogen-bond acceptors (Lipinski definition) is 2. The van der Waals surface area contributed by atoms with Gasteiger partial charge < -0.3 is 10.2 Å². The SMILES string of the molecule is CN1[C]NC(C(F)(F)F)=C1. The van der Waals surface area contributed by atoms with E-state index >= 15 is 0 Å². The number of allylic oxidation sites excluding steroid dienone is 1. The van der Waals surface area contributed by atoms with Gasteiger partial charge in [-0.3, -0.25) is 0 Å². The minimum Gasteiger partial charge on any atom is -0.350 e. The molecule has 1 aliphatic heterocycles. The van der Waals surface area contributed by atoms with Crippen LogP contribution in [-0.2, 0) is 0 Å². The second-order valence-corrected chi connectivity index (χ2v) is 1.89. The lowest BCUT2D eigenvalue weighted by Gasteiger charge is -2.04. The summed E-state index contributed by atoms with van der Waals surface area (Å²) < 4.78 is 35.2. The third-order valence-corrected chi connectivity index (χ3v) is 0.995. The summed E-state index contributed by atoms with van der Waals surface area (Å²) in [5, 5.41) is 1.96. The fourth-order valence-corrected chi connectivity index (χ4v) is 0.551. The van der Waals surface area contributed by atoms with E-state index in [1.165, 1.54) is 11.9 Å². The van der Waals surface area contributed by atoms with Gasteiger partial charge in [-0.15, -0.1) is 0 Å². The Balaban J connectivity index is 2.67. The molecule has 0 saturated heterocycles. The second-order valence-electron chi connectivity index (χ2n) is 1.89. The van der Waals surface area contributed by atoms with Crippen LogP contribution in [0.15, 0.2) is 11.9 Å². The van der Waals surface area contributed by atoms with Gasteiger partial charge in [0.05, 0.1) is 0 Å². The van der Waals surface area contributed by atoms with Crippen molar-refractivity contribution in [3.8, 4) is 0 Å². The molecule has 2 nitrogen and oxygen atoms in total. The van der Waals surface area contributed by atoms with Crippen molar-refractivity contribution in [3.05, 3.63) is 18.6 Å².